The molecule has 12 heteroatoms. The van der Waals surface area contributed by atoms with Crippen LogP contribution < -0.4 is 24.3 Å². The van der Waals surface area contributed by atoms with E-state index in [4.69, 9.17) is 30.5 Å². The predicted molar refractivity (Wildman–Crippen MR) is 195 cm³/mol. The third-order valence-corrected chi connectivity index (χ3v) is 8.66. The van der Waals surface area contributed by atoms with Crippen molar-refractivity contribution in [3.8, 4) is 23.0 Å². The SMILES string of the molecule is COc1ccc(C=C2CN(Cc3cn(CCCNc4ccnc5cc(Cl)ccc45)nn3)CC(=Cc3ccc(OC)c(OC)c3)C2=O)cc1OC. The number of rotatable bonds is 13. The molecule has 6 rings (SSSR count). The summed E-state index contributed by atoms with van der Waals surface area (Å²) in [6, 6.07) is 18.9. The average molecular weight is 695 g/mol. The summed E-state index contributed by atoms with van der Waals surface area (Å²) in [7, 11) is 6.38. The molecule has 0 bridgehead atoms. The first-order chi connectivity index (χ1) is 24.4. The van der Waals surface area contributed by atoms with Gasteiger partial charge in [0.1, 0.15) is 0 Å². The highest BCUT2D eigenvalue weighted by Gasteiger charge is 2.27. The largest absolute Gasteiger partial charge is 0.493 e. The summed E-state index contributed by atoms with van der Waals surface area (Å²) in [5, 5.41) is 14.0. The van der Waals surface area contributed by atoms with Gasteiger partial charge in [0.25, 0.3) is 0 Å². The number of ketones is 1. The normalized spacial score (nSPS) is 15.1. The number of nitrogens with zero attached hydrogens (tertiary/aromatic N) is 5. The van der Waals surface area contributed by atoms with E-state index in [0.29, 0.717) is 65.3 Å². The zero-order valence-corrected chi connectivity index (χ0v) is 29.2. The Bertz CT molecular complexity index is 1980. The van der Waals surface area contributed by atoms with Gasteiger partial charge < -0.3 is 24.3 Å². The van der Waals surface area contributed by atoms with Gasteiger partial charge in [0.05, 0.1) is 39.6 Å². The van der Waals surface area contributed by atoms with Crippen molar-refractivity contribution >= 4 is 46.1 Å². The van der Waals surface area contributed by atoms with Gasteiger partial charge in [0.2, 0.25) is 0 Å². The molecule has 0 saturated carbocycles. The van der Waals surface area contributed by atoms with Crippen molar-refractivity contribution in [2.75, 3.05) is 53.4 Å². The Balaban J connectivity index is 1.17. The predicted octanol–water partition coefficient (Wildman–Crippen LogP) is 6.57. The summed E-state index contributed by atoms with van der Waals surface area (Å²) in [5.41, 5.74) is 5.66. The summed E-state index contributed by atoms with van der Waals surface area (Å²) >= 11 is 6.14. The minimum atomic E-state index is -0.0213. The maximum Gasteiger partial charge on any atom is 0.187 e. The van der Waals surface area contributed by atoms with Crippen LogP contribution in [0.1, 0.15) is 23.2 Å². The van der Waals surface area contributed by atoms with Crippen molar-refractivity contribution in [3.05, 3.63) is 106 Å². The van der Waals surface area contributed by atoms with E-state index in [1.807, 2.05) is 83.7 Å². The Morgan fingerprint density at radius 3 is 2.08 bits per heavy atom. The molecule has 11 nitrogen and oxygen atoms in total. The Labute approximate surface area is 296 Å². The quantitative estimate of drug-likeness (QED) is 0.107. The number of hydrogen-bond acceptors (Lipinski definition) is 10. The highest BCUT2D eigenvalue weighted by atomic mass is 35.5. The lowest BCUT2D eigenvalue weighted by molar-refractivity contribution is -0.113. The van der Waals surface area contributed by atoms with Gasteiger partial charge >= 0.3 is 0 Å². The molecular formula is C38H39ClN6O5. The molecule has 1 saturated heterocycles. The number of carbonyl (C=O) groups is 1. The number of methoxy groups -OCH3 is 4. The van der Waals surface area contributed by atoms with Crippen LogP contribution in [-0.4, -0.2) is 78.7 Å². The Kier molecular flexibility index (Phi) is 10.9. The van der Waals surface area contributed by atoms with Gasteiger partial charge in [-0.3, -0.25) is 19.4 Å². The van der Waals surface area contributed by atoms with Gasteiger partial charge in [-0.2, -0.15) is 0 Å². The molecule has 0 spiro atoms. The number of pyridine rings is 1. The van der Waals surface area contributed by atoms with E-state index in [9.17, 15) is 4.79 Å². The first-order valence-electron chi connectivity index (χ1n) is 16.2. The summed E-state index contributed by atoms with van der Waals surface area (Å²) in [5.74, 6) is 2.40. The lowest BCUT2D eigenvalue weighted by atomic mass is 9.94. The third-order valence-electron chi connectivity index (χ3n) is 8.42. The van der Waals surface area contributed by atoms with Gasteiger partial charge in [0, 0.05) is 72.4 Å². The van der Waals surface area contributed by atoms with Crippen LogP contribution in [-0.2, 0) is 17.9 Å². The van der Waals surface area contributed by atoms with E-state index in [1.54, 1.807) is 34.6 Å². The van der Waals surface area contributed by atoms with E-state index in [0.717, 1.165) is 46.4 Å². The van der Waals surface area contributed by atoms with Crippen LogP contribution in [0, 0.1) is 0 Å². The van der Waals surface area contributed by atoms with Crippen LogP contribution in [0.15, 0.2) is 84.2 Å². The molecule has 1 fully saturated rings. The number of aromatic nitrogens is 4. The third kappa shape index (κ3) is 8.07. The molecule has 1 aliphatic rings. The van der Waals surface area contributed by atoms with Crippen LogP contribution in [0.2, 0.25) is 5.02 Å². The van der Waals surface area contributed by atoms with Crippen molar-refractivity contribution in [1.82, 2.24) is 24.9 Å². The van der Waals surface area contributed by atoms with Crippen molar-refractivity contribution < 1.29 is 23.7 Å². The number of halogens is 1. The molecule has 0 atom stereocenters. The number of Topliss-reactive ketones (excluding diaryl/α,β-unsaturated/α-hetero) is 1. The Morgan fingerprint density at radius 2 is 1.46 bits per heavy atom. The number of ether oxygens (including phenoxy) is 4. The van der Waals surface area contributed by atoms with Gasteiger partial charge in [0.15, 0.2) is 28.8 Å². The van der Waals surface area contributed by atoms with Crippen molar-refractivity contribution in [1.29, 1.82) is 0 Å². The van der Waals surface area contributed by atoms with E-state index in [-0.39, 0.29) is 5.78 Å². The second kappa shape index (κ2) is 15.9. The fraction of sp³-hybridized carbons (Fsp3) is 0.263. The molecule has 0 unspecified atom stereocenters. The second-order valence-corrected chi connectivity index (χ2v) is 12.3. The fourth-order valence-corrected chi connectivity index (χ4v) is 6.16. The summed E-state index contributed by atoms with van der Waals surface area (Å²) in [6.07, 6.45) is 8.40. The first-order valence-corrected chi connectivity index (χ1v) is 16.5. The summed E-state index contributed by atoms with van der Waals surface area (Å²) in [6.45, 7) is 2.85. The Hall–Kier alpha value is -5.39. The maximum atomic E-state index is 13.9. The highest BCUT2D eigenvalue weighted by Crippen LogP contribution is 2.32. The number of aryl methyl sites for hydroxylation is 1. The minimum absolute atomic E-state index is 0.0213. The van der Waals surface area contributed by atoms with Crippen molar-refractivity contribution in [2.24, 2.45) is 0 Å². The molecule has 0 amide bonds. The summed E-state index contributed by atoms with van der Waals surface area (Å²) < 4.78 is 23.7. The average Bonchev–Trinajstić information content (AvgIpc) is 3.58. The van der Waals surface area contributed by atoms with Crippen LogP contribution in [0.5, 0.6) is 23.0 Å². The minimum Gasteiger partial charge on any atom is -0.493 e. The van der Waals surface area contributed by atoms with E-state index in [2.05, 4.69) is 25.5 Å². The molecule has 1 N–H and O–H groups in total. The topological polar surface area (TPSA) is 113 Å². The number of nitrogens with one attached hydrogen (secondary N) is 1. The lowest BCUT2D eigenvalue weighted by Gasteiger charge is -2.29. The summed E-state index contributed by atoms with van der Waals surface area (Å²) in [4.78, 5) is 20.5. The van der Waals surface area contributed by atoms with Crippen LogP contribution >= 0.6 is 11.6 Å². The van der Waals surface area contributed by atoms with E-state index < -0.39 is 0 Å². The zero-order chi connectivity index (χ0) is 35.0. The van der Waals surface area contributed by atoms with Crippen LogP contribution in [0.25, 0.3) is 23.1 Å². The fourth-order valence-electron chi connectivity index (χ4n) is 6.00. The smallest absolute Gasteiger partial charge is 0.187 e. The maximum absolute atomic E-state index is 13.9. The monoisotopic (exact) mass is 694 g/mol. The molecule has 5 aromatic rings. The Morgan fingerprint density at radius 1 is 0.820 bits per heavy atom. The van der Waals surface area contributed by atoms with Crippen LogP contribution in [0.4, 0.5) is 5.69 Å². The number of hydrogen-bond donors (Lipinski definition) is 1. The van der Waals surface area contributed by atoms with Crippen LogP contribution in [0.3, 0.4) is 0 Å². The lowest BCUT2D eigenvalue weighted by Crippen LogP contribution is -2.37. The first kappa shape index (κ1) is 34.5. The molecule has 258 valence electrons. The molecule has 3 heterocycles. The number of benzene rings is 3. The molecule has 50 heavy (non-hydrogen) atoms. The van der Waals surface area contributed by atoms with Crippen molar-refractivity contribution in [3.63, 3.8) is 0 Å². The van der Waals surface area contributed by atoms with E-state index in [1.165, 1.54) is 0 Å². The number of anilines is 1. The molecular weight excluding hydrogens is 656 g/mol. The van der Waals surface area contributed by atoms with Gasteiger partial charge in [-0.15, -0.1) is 5.10 Å². The van der Waals surface area contributed by atoms with Gasteiger partial charge in [-0.25, -0.2) is 0 Å². The highest BCUT2D eigenvalue weighted by molar-refractivity contribution is 6.31. The molecule has 2 aromatic heterocycles. The van der Waals surface area contributed by atoms with Crippen molar-refractivity contribution in [2.45, 2.75) is 19.5 Å². The molecule has 0 radical (unpaired) electrons. The van der Waals surface area contributed by atoms with Gasteiger partial charge in [-0.05, 0) is 78.2 Å². The molecule has 0 aliphatic carbocycles. The number of fused-ring (bicyclic) bond motifs is 1. The zero-order valence-electron chi connectivity index (χ0n) is 28.5. The standard InChI is InChI=1S/C38H39ClN6O5/c1-47-34-10-6-25(18-36(34)49-3)16-27-21-44(22-28(38(27)46)17-26-7-11-35(48-2)37(19-26)50-4)23-30-24-45(43-42-30)15-5-13-40-32-12-14-41-33-20-29(39)8-9-31(32)33/h6-12,14,16-20,24H,5,13,15,21-23H2,1-4H3,(H,40,41). The molecule has 3 aromatic carbocycles. The van der Waals surface area contributed by atoms with E-state index >= 15 is 0 Å². The number of carbonyl (C=O) groups excluding carboxylic acids is 1. The second-order valence-electron chi connectivity index (χ2n) is 11.8. The number of piperidine rings is 1. The molecule has 1 aliphatic heterocycles. The number of likely N-dealkylation sites (tertiary alicyclic amines) is 1. The van der Waals surface area contributed by atoms with Gasteiger partial charge in [-0.1, -0.05) is 28.9 Å².